The van der Waals surface area contributed by atoms with E-state index in [-0.39, 0.29) is 0 Å². The summed E-state index contributed by atoms with van der Waals surface area (Å²) in [4.78, 5) is 15.3. The molecule has 0 aliphatic heterocycles. The Morgan fingerprint density at radius 2 is 0.897 bits per heavy atom. The molecule has 5 heteroatoms. The maximum Gasteiger partial charge on any atom is 0.167 e. The van der Waals surface area contributed by atoms with Gasteiger partial charge in [0.2, 0.25) is 0 Å². The number of benzene rings is 9. The van der Waals surface area contributed by atoms with Gasteiger partial charge in [0.1, 0.15) is 5.58 Å². The van der Waals surface area contributed by atoms with Crippen LogP contribution in [0.4, 0.5) is 0 Å². The lowest BCUT2D eigenvalue weighted by Gasteiger charge is -2.12. The Morgan fingerprint density at radius 1 is 0.345 bits per heavy atom. The molecule has 0 spiro atoms. The van der Waals surface area contributed by atoms with Crippen LogP contribution in [-0.4, -0.2) is 19.5 Å². The molecule has 0 amide bonds. The molecule has 58 heavy (non-hydrogen) atoms. The first-order valence-electron chi connectivity index (χ1n) is 19.5. The SMILES string of the molecule is c1ccc(-c2nc(-c3ccccc3)nc(-c3cc4ccccc4c4c3oc3c(-n5c6ccccc6c6c7ccccc7c(-c7ccccc7)cc65)cccc34)n2)cc1. The first kappa shape index (κ1) is 32.4. The Hall–Kier alpha value is -7.89. The highest BCUT2D eigenvalue weighted by Gasteiger charge is 2.24. The Morgan fingerprint density at radius 3 is 1.60 bits per heavy atom. The fraction of sp³-hybridized carbons (Fsp3) is 0. The number of nitrogens with zero attached hydrogens (tertiary/aromatic N) is 4. The van der Waals surface area contributed by atoms with Gasteiger partial charge in [-0.1, -0.05) is 170 Å². The van der Waals surface area contributed by atoms with E-state index in [9.17, 15) is 0 Å². The molecular weight excluding hydrogens is 709 g/mol. The lowest BCUT2D eigenvalue weighted by Crippen LogP contribution is -2.00. The molecule has 9 aromatic carbocycles. The maximum atomic E-state index is 7.27. The van der Waals surface area contributed by atoms with Crippen molar-refractivity contribution in [1.82, 2.24) is 19.5 Å². The molecule has 12 rings (SSSR count). The second-order valence-electron chi connectivity index (χ2n) is 14.7. The second kappa shape index (κ2) is 12.8. The minimum atomic E-state index is 0.555. The highest BCUT2D eigenvalue weighted by Crippen LogP contribution is 2.46. The molecule has 0 fully saturated rings. The van der Waals surface area contributed by atoms with Crippen LogP contribution in [0, 0.1) is 0 Å². The quantitative estimate of drug-likeness (QED) is 0.176. The van der Waals surface area contributed by atoms with E-state index in [1.165, 1.54) is 32.7 Å². The van der Waals surface area contributed by atoms with Crippen molar-refractivity contribution in [3.63, 3.8) is 0 Å². The summed E-state index contributed by atoms with van der Waals surface area (Å²) in [5.41, 5.74) is 9.75. The normalized spacial score (nSPS) is 11.8. The molecule has 0 saturated heterocycles. The van der Waals surface area contributed by atoms with E-state index in [4.69, 9.17) is 19.4 Å². The monoisotopic (exact) mass is 740 g/mol. The summed E-state index contributed by atoms with van der Waals surface area (Å²) in [6.07, 6.45) is 0. The van der Waals surface area contributed by atoms with Crippen molar-refractivity contribution in [1.29, 1.82) is 0 Å². The van der Waals surface area contributed by atoms with Gasteiger partial charge in [-0.05, 0) is 56.9 Å². The average Bonchev–Trinajstić information content (AvgIpc) is 3.86. The van der Waals surface area contributed by atoms with E-state index in [0.29, 0.717) is 17.5 Å². The summed E-state index contributed by atoms with van der Waals surface area (Å²) < 4.78 is 9.66. The third-order valence-electron chi connectivity index (χ3n) is 11.4. The number of fused-ring (bicyclic) bond motifs is 10. The molecule has 0 aliphatic carbocycles. The van der Waals surface area contributed by atoms with E-state index >= 15 is 0 Å². The molecular formula is C53H32N4O. The van der Waals surface area contributed by atoms with Gasteiger partial charge in [-0.25, -0.2) is 15.0 Å². The van der Waals surface area contributed by atoms with E-state index in [2.05, 4.69) is 138 Å². The van der Waals surface area contributed by atoms with Crippen LogP contribution in [0.3, 0.4) is 0 Å². The molecule has 3 heterocycles. The van der Waals surface area contributed by atoms with Crippen molar-refractivity contribution in [2.75, 3.05) is 0 Å². The van der Waals surface area contributed by atoms with Gasteiger partial charge >= 0.3 is 0 Å². The number of aromatic nitrogens is 4. The van der Waals surface area contributed by atoms with Crippen LogP contribution in [0.2, 0.25) is 0 Å². The Bertz CT molecular complexity index is 3500. The molecule has 3 aromatic heterocycles. The highest BCUT2D eigenvalue weighted by molar-refractivity contribution is 6.26. The molecule has 0 aliphatic rings. The molecule has 0 atom stereocenters. The van der Waals surface area contributed by atoms with E-state index in [1.807, 2.05) is 60.7 Å². The molecule has 0 saturated carbocycles. The summed E-state index contributed by atoms with van der Waals surface area (Å²) in [6.45, 7) is 0. The zero-order valence-electron chi connectivity index (χ0n) is 31.2. The van der Waals surface area contributed by atoms with Crippen LogP contribution in [0.25, 0.3) is 116 Å². The van der Waals surface area contributed by atoms with Gasteiger partial charge < -0.3 is 8.98 Å². The van der Waals surface area contributed by atoms with Crippen molar-refractivity contribution < 1.29 is 4.42 Å². The van der Waals surface area contributed by atoms with Gasteiger partial charge in [0.15, 0.2) is 23.1 Å². The average molecular weight is 741 g/mol. The van der Waals surface area contributed by atoms with Crippen LogP contribution in [-0.2, 0) is 0 Å². The van der Waals surface area contributed by atoms with Gasteiger partial charge in [-0.15, -0.1) is 0 Å². The minimum Gasteiger partial charge on any atom is -0.453 e. The number of hydrogen-bond donors (Lipinski definition) is 0. The fourth-order valence-corrected chi connectivity index (χ4v) is 8.85. The topological polar surface area (TPSA) is 56.7 Å². The van der Waals surface area contributed by atoms with Gasteiger partial charge in [0.25, 0.3) is 0 Å². The Kier molecular flexibility index (Phi) is 7.16. The van der Waals surface area contributed by atoms with Gasteiger partial charge in [0.05, 0.1) is 22.3 Å². The predicted octanol–water partition coefficient (Wildman–Crippen LogP) is 13.8. The first-order chi connectivity index (χ1) is 28.8. The molecule has 5 nitrogen and oxygen atoms in total. The number of para-hydroxylation sites is 2. The molecule has 270 valence electrons. The molecule has 0 N–H and O–H groups in total. The zero-order valence-corrected chi connectivity index (χ0v) is 31.2. The van der Waals surface area contributed by atoms with E-state index in [1.54, 1.807) is 0 Å². The predicted molar refractivity (Wildman–Crippen MR) is 238 cm³/mol. The highest BCUT2D eigenvalue weighted by atomic mass is 16.3. The van der Waals surface area contributed by atoms with Crippen molar-refractivity contribution >= 4 is 65.3 Å². The summed E-state index contributed by atoms with van der Waals surface area (Å²) >= 11 is 0. The molecule has 12 aromatic rings. The molecule has 0 radical (unpaired) electrons. The summed E-state index contributed by atoms with van der Waals surface area (Å²) in [6, 6.07) is 67.9. The Balaban J connectivity index is 1.19. The van der Waals surface area contributed by atoms with Crippen molar-refractivity contribution in [3.05, 3.63) is 194 Å². The van der Waals surface area contributed by atoms with Crippen LogP contribution in [0.5, 0.6) is 0 Å². The largest absolute Gasteiger partial charge is 0.453 e. The maximum absolute atomic E-state index is 7.27. The van der Waals surface area contributed by atoms with Crippen LogP contribution < -0.4 is 0 Å². The number of furan rings is 1. The molecule has 0 bridgehead atoms. The third kappa shape index (κ3) is 4.93. The number of hydrogen-bond acceptors (Lipinski definition) is 4. The van der Waals surface area contributed by atoms with Gasteiger partial charge in [-0.2, -0.15) is 0 Å². The van der Waals surface area contributed by atoms with Crippen molar-refractivity contribution in [2.24, 2.45) is 0 Å². The standard InChI is InChI=1S/C53H32N4O/c1-4-17-33(18-5-1)42-32-46-47(39-26-13-12-25-38(39)42)40-27-14-15-29-44(40)57(46)45-30-16-28-41-48-37-24-11-10-23-36(37)31-43(50(48)58-49(41)45)53-55-51(34-19-6-2-7-20-34)54-52(56-53)35-21-8-3-9-22-35/h1-32H. The van der Waals surface area contributed by atoms with Crippen molar-refractivity contribution in [2.45, 2.75) is 0 Å². The van der Waals surface area contributed by atoms with Crippen LogP contribution in [0.1, 0.15) is 0 Å². The van der Waals surface area contributed by atoms with Crippen LogP contribution >= 0.6 is 0 Å². The van der Waals surface area contributed by atoms with Crippen molar-refractivity contribution in [3.8, 4) is 51.0 Å². The van der Waals surface area contributed by atoms with E-state index in [0.717, 1.165) is 66.1 Å². The Labute approximate surface area is 333 Å². The fourth-order valence-electron chi connectivity index (χ4n) is 8.85. The van der Waals surface area contributed by atoms with Crippen LogP contribution in [0.15, 0.2) is 199 Å². The molecule has 0 unspecified atom stereocenters. The first-order valence-corrected chi connectivity index (χ1v) is 19.5. The minimum absolute atomic E-state index is 0.555. The summed E-state index contributed by atoms with van der Waals surface area (Å²) in [7, 11) is 0. The second-order valence-corrected chi connectivity index (χ2v) is 14.7. The third-order valence-corrected chi connectivity index (χ3v) is 11.4. The van der Waals surface area contributed by atoms with Gasteiger partial charge in [-0.3, -0.25) is 0 Å². The number of rotatable bonds is 5. The lowest BCUT2D eigenvalue weighted by atomic mass is 9.95. The van der Waals surface area contributed by atoms with E-state index < -0.39 is 0 Å². The summed E-state index contributed by atoms with van der Waals surface area (Å²) in [5.74, 6) is 1.77. The summed E-state index contributed by atoms with van der Waals surface area (Å²) in [5, 5.41) is 9.11. The lowest BCUT2D eigenvalue weighted by molar-refractivity contribution is 0.667. The zero-order chi connectivity index (χ0) is 38.2. The van der Waals surface area contributed by atoms with Gasteiger partial charge in [0, 0.05) is 32.7 Å². The smallest absolute Gasteiger partial charge is 0.167 e.